The highest BCUT2D eigenvalue weighted by Gasteiger charge is 2.42. The van der Waals surface area contributed by atoms with Gasteiger partial charge in [-0.3, -0.25) is 4.79 Å². The summed E-state index contributed by atoms with van der Waals surface area (Å²) in [7, 11) is 0. The third-order valence-electron chi connectivity index (χ3n) is 4.66. The van der Waals surface area contributed by atoms with Crippen molar-refractivity contribution in [2.45, 2.75) is 31.2 Å². The normalized spacial score (nSPS) is 22.5. The van der Waals surface area contributed by atoms with Crippen molar-refractivity contribution >= 4 is 11.9 Å². The van der Waals surface area contributed by atoms with Gasteiger partial charge in [0.25, 0.3) is 5.91 Å². The molecule has 5 heteroatoms. The molecule has 124 valence electrons. The van der Waals surface area contributed by atoms with Crippen LogP contribution in [0.25, 0.3) is 0 Å². The van der Waals surface area contributed by atoms with E-state index >= 15 is 0 Å². The summed E-state index contributed by atoms with van der Waals surface area (Å²) in [5, 5.41) is 11.7. The van der Waals surface area contributed by atoms with Gasteiger partial charge < -0.3 is 10.4 Å². The summed E-state index contributed by atoms with van der Waals surface area (Å²) >= 11 is 0. The van der Waals surface area contributed by atoms with Gasteiger partial charge in [-0.1, -0.05) is 37.3 Å². The summed E-state index contributed by atoms with van der Waals surface area (Å²) in [5.74, 6) is -2.56. The monoisotopic (exact) mass is 327 g/mol. The van der Waals surface area contributed by atoms with Crippen molar-refractivity contribution in [1.29, 1.82) is 0 Å². The second-order valence-corrected chi connectivity index (χ2v) is 6.51. The minimum atomic E-state index is -1.22. The third-order valence-corrected chi connectivity index (χ3v) is 4.66. The average molecular weight is 327 g/mol. The fourth-order valence-corrected chi connectivity index (χ4v) is 3.30. The minimum absolute atomic E-state index is 0.0127. The lowest BCUT2D eigenvalue weighted by molar-refractivity contribution is 0.0695. The second kappa shape index (κ2) is 6.07. The van der Waals surface area contributed by atoms with Crippen LogP contribution < -0.4 is 5.32 Å². The van der Waals surface area contributed by atoms with Crippen molar-refractivity contribution in [1.82, 2.24) is 5.32 Å². The molecule has 0 radical (unpaired) electrons. The quantitative estimate of drug-likeness (QED) is 0.905. The van der Waals surface area contributed by atoms with E-state index in [1.54, 1.807) is 0 Å². The Labute approximate surface area is 139 Å². The summed E-state index contributed by atoms with van der Waals surface area (Å²) in [6, 6.07) is 13.4. The lowest BCUT2D eigenvalue weighted by Crippen LogP contribution is -2.51. The Kier molecular flexibility index (Phi) is 4.09. The van der Waals surface area contributed by atoms with Crippen molar-refractivity contribution in [2.24, 2.45) is 0 Å². The zero-order valence-corrected chi connectivity index (χ0v) is 13.3. The summed E-state index contributed by atoms with van der Waals surface area (Å²) in [5.41, 5.74) is 0.940. The number of carbonyl (C=O) groups excluding carboxylic acids is 1. The summed E-state index contributed by atoms with van der Waals surface area (Å²) in [6.07, 6.45) is 1.58. The highest BCUT2D eigenvalue weighted by atomic mass is 19.1. The van der Waals surface area contributed by atoms with Crippen molar-refractivity contribution < 1.29 is 19.1 Å². The maximum atomic E-state index is 13.9. The Morgan fingerprint density at radius 3 is 2.42 bits per heavy atom. The number of hydrogen-bond acceptors (Lipinski definition) is 2. The fourth-order valence-electron chi connectivity index (χ4n) is 3.30. The molecule has 1 aliphatic carbocycles. The van der Waals surface area contributed by atoms with Crippen molar-refractivity contribution in [3.05, 3.63) is 71.0 Å². The molecule has 2 aromatic rings. The molecule has 0 spiro atoms. The first-order chi connectivity index (χ1) is 11.4. The van der Waals surface area contributed by atoms with Gasteiger partial charge in [-0.05, 0) is 42.0 Å². The largest absolute Gasteiger partial charge is 0.478 e. The van der Waals surface area contributed by atoms with Crippen LogP contribution >= 0.6 is 0 Å². The molecule has 1 amide bonds. The molecule has 24 heavy (non-hydrogen) atoms. The van der Waals surface area contributed by atoms with Crippen LogP contribution in [-0.4, -0.2) is 23.0 Å². The number of carbonyl (C=O) groups is 2. The first-order valence-corrected chi connectivity index (χ1v) is 7.78. The molecule has 0 aromatic heterocycles. The minimum Gasteiger partial charge on any atom is -0.478 e. The average Bonchev–Trinajstić information content (AvgIpc) is 2.53. The highest BCUT2D eigenvalue weighted by Crippen LogP contribution is 2.43. The van der Waals surface area contributed by atoms with Gasteiger partial charge in [0, 0.05) is 6.04 Å². The summed E-state index contributed by atoms with van der Waals surface area (Å²) in [4.78, 5) is 23.0. The van der Waals surface area contributed by atoms with Crippen molar-refractivity contribution in [3.8, 4) is 0 Å². The number of hydrogen-bond donors (Lipinski definition) is 2. The predicted molar refractivity (Wildman–Crippen MR) is 87.6 cm³/mol. The van der Waals surface area contributed by atoms with Crippen LogP contribution in [-0.2, 0) is 5.41 Å². The molecule has 0 atom stereocenters. The zero-order chi connectivity index (χ0) is 17.3. The molecule has 0 aliphatic heterocycles. The van der Waals surface area contributed by atoms with Gasteiger partial charge in [0.2, 0.25) is 0 Å². The number of nitrogens with one attached hydrogen (secondary N) is 1. The predicted octanol–water partition coefficient (Wildman–Crippen LogP) is 3.37. The van der Waals surface area contributed by atoms with E-state index in [0.717, 1.165) is 18.9 Å². The Hall–Kier alpha value is -2.69. The van der Waals surface area contributed by atoms with E-state index < -0.39 is 17.7 Å². The molecule has 0 bridgehead atoms. The lowest BCUT2D eigenvalue weighted by Gasteiger charge is -2.46. The standard InChI is InChI=1S/C19H18FNO3/c1-19(13-5-3-2-4-6-13)10-14(11-19)21-17(22)15-8-7-12(18(23)24)9-16(15)20/h2-9,14H,10-11H2,1H3,(H,21,22)(H,23,24). The van der Waals surface area contributed by atoms with Gasteiger partial charge in [-0.25, -0.2) is 9.18 Å². The Balaban J connectivity index is 1.64. The number of amides is 1. The van der Waals surface area contributed by atoms with Crippen LogP contribution in [0.15, 0.2) is 48.5 Å². The van der Waals surface area contributed by atoms with Crippen LogP contribution in [0.3, 0.4) is 0 Å². The molecular weight excluding hydrogens is 309 g/mol. The number of benzene rings is 2. The topological polar surface area (TPSA) is 66.4 Å². The Bertz CT molecular complexity index is 782. The van der Waals surface area contributed by atoms with Gasteiger partial charge >= 0.3 is 5.97 Å². The lowest BCUT2D eigenvalue weighted by atomic mass is 9.63. The third kappa shape index (κ3) is 3.02. The smallest absolute Gasteiger partial charge is 0.335 e. The van der Waals surface area contributed by atoms with Crippen LogP contribution in [0.2, 0.25) is 0 Å². The fraction of sp³-hybridized carbons (Fsp3) is 0.263. The molecule has 2 aromatic carbocycles. The van der Waals surface area contributed by atoms with Gasteiger partial charge in [-0.15, -0.1) is 0 Å². The Morgan fingerprint density at radius 2 is 1.83 bits per heavy atom. The number of carboxylic acid groups (broad SMARTS) is 1. The maximum Gasteiger partial charge on any atom is 0.335 e. The SMILES string of the molecule is CC1(c2ccccc2)CC(NC(=O)c2ccc(C(=O)O)cc2F)C1. The zero-order valence-electron chi connectivity index (χ0n) is 13.3. The Morgan fingerprint density at radius 1 is 1.17 bits per heavy atom. The van der Waals surface area contributed by atoms with Crippen molar-refractivity contribution in [3.63, 3.8) is 0 Å². The van der Waals surface area contributed by atoms with Gasteiger partial charge in [-0.2, -0.15) is 0 Å². The van der Waals surface area contributed by atoms with Crippen molar-refractivity contribution in [2.75, 3.05) is 0 Å². The highest BCUT2D eigenvalue weighted by molar-refractivity contribution is 5.96. The second-order valence-electron chi connectivity index (χ2n) is 6.51. The van der Waals surface area contributed by atoms with E-state index in [2.05, 4.69) is 24.4 Å². The molecule has 1 saturated carbocycles. The molecule has 2 N–H and O–H groups in total. The summed E-state index contributed by atoms with van der Waals surface area (Å²) in [6.45, 7) is 2.15. The molecule has 4 nitrogen and oxygen atoms in total. The van der Waals surface area contributed by atoms with Crippen LogP contribution in [0.1, 0.15) is 46.0 Å². The molecule has 1 aliphatic rings. The van der Waals surface area contributed by atoms with Crippen LogP contribution in [0, 0.1) is 5.82 Å². The first kappa shape index (κ1) is 16.2. The number of rotatable bonds is 4. The van der Waals surface area contributed by atoms with Gasteiger partial charge in [0.15, 0.2) is 0 Å². The van der Waals surface area contributed by atoms with E-state index in [9.17, 15) is 14.0 Å². The van der Waals surface area contributed by atoms with Crippen LogP contribution in [0.5, 0.6) is 0 Å². The summed E-state index contributed by atoms with van der Waals surface area (Å²) < 4.78 is 13.9. The van der Waals surface area contributed by atoms with E-state index in [4.69, 9.17) is 5.11 Å². The molecule has 3 rings (SSSR count). The number of halogens is 1. The van der Waals surface area contributed by atoms with E-state index in [1.807, 2.05) is 18.2 Å². The van der Waals surface area contributed by atoms with Gasteiger partial charge in [0.1, 0.15) is 5.82 Å². The first-order valence-electron chi connectivity index (χ1n) is 7.78. The molecule has 0 heterocycles. The van der Waals surface area contributed by atoms with E-state index in [-0.39, 0.29) is 22.6 Å². The van der Waals surface area contributed by atoms with E-state index in [1.165, 1.54) is 17.7 Å². The molecule has 0 saturated heterocycles. The number of carboxylic acids is 1. The molecular formula is C19H18FNO3. The van der Waals surface area contributed by atoms with E-state index in [0.29, 0.717) is 0 Å². The maximum absolute atomic E-state index is 13.9. The van der Waals surface area contributed by atoms with Crippen LogP contribution in [0.4, 0.5) is 4.39 Å². The molecule has 0 unspecified atom stereocenters. The van der Waals surface area contributed by atoms with Gasteiger partial charge in [0.05, 0.1) is 11.1 Å². The molecule has 1 fully saturated rings. The number of aromatic carboxylic acids is 1.